The van der Waals surface area contributed by atoms with Gasteiger partial charge in [-0.2, -0.15) is 4.98 Å². The Hall–Kier alpha value is -4.19. The topological polar surface area (TPSA) is 128 Å². The summed E-state index contributed by atoms with van der Waals surface area (Å²) in [5.74, 6) is 1.38. The smallest absolute Gasteiger partial charge is 0.415 e. The predicted octanol–water partition coefficient (Wildman–Crippen LogP) is 1.09. The summed E-state index contributed by atoms with van der Waals surface area (Å²) in [7, 11) is 1.54. The van der Waals surface area contributed by atoms with Gasteiger partial charge in [0.15, 0.2) is 18.2 Å². The molecule has 6 heterocycles. The summed E-state index contributed by atoms with van der Waals surface area (Å²) in [5, 5.41) is 3.52. The Bertz CT molecular complexity index is 1420. The molecule has 0 bridgehead atoms. The number of nitrogens with one attached hydrogen (secondary N) is 1. The molecule has 0 unspecified atom stereocenters. The van der Waals surface area contributed by atoms with Crippen LogP contribution in [0.2, 0.25) is 0 Å². The number of nitrogens with zero attached hydrogens (tertiary/aromatic N) is 5. The van der Waals surface area contributed by atoms with Crippen LogP contribution >= 0.6 is 0 Å². The van der Waals surface area contributed by atoms with E-state index in [0.29, 0.717) is 55.8 Å². The molecule has 3 aromatic heterocycles. The van der Waals surface area contributed by atoms with Crippen molar-refractivity contribution in [3.05, 3.63) is 46.8 Å². The van der Waals surface area contributed by atoms with Crippen molar-refractivity contribution >= 4 is 34.7 Å². The highest BCUT2D eigenvalue weighted by molar-refractivity contribution is 5.95. The maximum Gasteiger partial charge on any atom is 0.415 e. The summed E-state index contributed by atoms with van der Waals surface area (Å²) >= 11 is 0. The summed E-state index contributed by atoms with van der Waals surface area (Å²) in [5.41, 5.74) is 0.442. The third-order valence-corrected chi connectivity index (χ3v) is 6.74. The Morgan fingerprint density at radius 1 is 1.03 bits per heavy atom. The Balaban J connectivity index is 1.15. The molecule has 0 saturated carbocycles. The van der Waals surface area contributed by atoms with Gasteiger partial charge in [-0.3, -0.25) is 24.0 Å². The number of pyridine rings is 3. The normalized spacial score (nSPS) is 21.4. The van der Waals surface area contributed by atoms with Crippen molar-refractivity contribution in [3.63, 3.8) is 0 Å². The Labute approximate surface area is 205 Å². The van der Waals surface area contributed by atoms with Crippen molar-refractivity contribution in [1.82, 2.24) is 19.4 Å². The number of carbonyl (C=O) groups is 2. The number of fused-ring (bicyclic) bond motifs is 3. The lowest BCUT2D eigenvalue weighted by Gasteiger charge is -2.33. The van der Waals surface area contributed by atoms with Gasteiger partial charge >= 0.3 is 6.09 Å². The van der Waals surface area contributed by atoms with Gasteiger partial charge in [0.2, 0.25) is 5.88 Å². The monoisotopic (exact) mass is 492 g/mol. The fraction of sp³-hybridized carbons (Fsp3) is 0.375. The van der Waals surface area contributed by atoms with E-state index in [0.717, 1.165) is 5.39 Å². The lowest BCUT2D eigenvalue weighted by atomic mass is 10.0. The van der Waals surface area contributed by atoms with E-state index < -0.39 is 6.09 Å². The molecule has 2 saturated heterocycles. The molecular formula is C24H24N6O6. The number of likely N-dealkylation sites (tertiary alicyclic amines) is 1. The van der Waals surface area contributed by atoms with E-state index in [-0.39, 0.29) is 35.9 Å². The number of carbonyl (C=O) groups excluding carboxylic acids is 2. The summed E-state index contributed by atoms with van der Waals surface area (Å²) in [6, 6.07) is 10.3. The largest absolute Gasteiger partial charge is 0.481 e. The van der Waals surface area contributed by atoms with Crippen LogP contribution in [0.15, 0.2) is 41.2 Å². The number of amides is 2. The van der Waals surface area contributed by atoms with E-state index in [1.807, 2.05) is 6.07 Å². The Morgan fingerprint density at radius 2 is 1.89 bits per heavy atom. The molecule has 3 aromatic rings. The molecule has 2 amide bonds. The van der Waals surface area contributed by atoms with Crippen LogP contribution in [0.5, 0.6) is 11.6 Å². The second kappa shape index (κ2) is 8.79. The first-order valence-electron chi connectivity index (χ1n) is 11.7. The highest BCUT2D eigenvalue weighted by Crippen LogP contribution is 2.32. The lowest BCUT2D eigenvalue weighted by Crippen LogP contribution is -2.48. The zero-order chi connectivity index (χ0) is 24.8. The number of aromatic nitrogens is 3. The minimum atomic E-state index is -0.477. The van der Waals surface area contributed by atoms with Crippen LogP contribution in [0, 0.1) is 5.92 Å². The SMILES string of the molecule is COc1ccc2ccc(=O)n(CCN3C[C@H]4CN(c5ccc6c(n5)NC(=O)CO6)C(=O)O[C@H]4C3)c2n1. The van der Waals surface area contributed by atoms with E-state index >= 15 is 0 Å². The molecule has 1 N–H and O–H groups in total. The minimum absolute atomic E-state index is 0.0616. The molecule has 0 spiro atoms. The van der Waals surface area contributed by atoms with Crippen molar-refractivity contribution in [2.45, 2.75) is 12.6 Å². The third kappa shape index (κ3) is 3.98. The molecule has 36 heavy (non-hydrogen) atoms. The van der Waals surface area contributed by atoms with Crippen molar-refractivity contribution in [2.24, 2.45) is 5.92 Å². The van der Waals surface area contributed by atoms with E-state index in [1.54, 1.807) is 42.0 Å². The summed E-state index contributed by atoms with van der Waals surface area (Å²) < 4.78 is 18.0. The highest BCUT2D eigenvalue weighted by Gasteiger charge is 2.43. The van der Waals surface area contributed by atoms with Crippen molar-refractivity contribution in [2.75, 3.05) is 50.1 Å². The predicted molar refractivity (Wildman–Crippen MR) is 128 cm³/mol. The maximum atomic E-state index is 12.8. The van der Waals surface area contributed by atoms with Crippen LogP contribution < -0.4 is 25.2 Å². The number of rotatable bonds is 5. The van der Waals surface area contributed by atoms with Crippen molar-refractivity contribution in [3.8, 4) is 11.6 Å². The van der Waals surface area contributed by atoms with Crippen LogP contribution in [0.1, 0.15) is 0 Å². The standard InChI is InChI=1S/C24H24N6O6/c1-34-20-6-2-14-3-7-21(32)29(23(14)27-20)9-8-28-10-15-11-30(24(33)36-17(15)12-28)18-5-4-16-22(25-18)26-19(31)13-35-16/h2-7,15,17H,8-13H2,1H3,(H,25,26,31)/t15-,17-/m0/s1. The summed E-state index contributed by atoms with van der Waals surface area (Å²) in [4.78, 5) is 49.5. The molecule has 0 aromatic carbocycles. The Kier molecular flexibility index (Phi) is 5.44. The first-order valence-corrected chi connectivity index (χ1v) is 11.7. The molecule has 3 aliphatic rings. The number of hydrogen-bond acceptors (Lipinski definition) is 9. The minimum Gasteiger partial charge on any atom is -0.481 e. The average molecular weight is 492 g/mol. The molecule has 12 heteroatoms. The van der Waals surface area contributed by atoms with Gasteiger partial charge in [0, 0.05) is 56.2 Å². The van der Waals surface area contributed by atoms with Crippen LogP contribution in [-0.4, -0.2) is 77.4 Å². The van der Waals surface area contributed by atoms with Gasteiger partial charge in [-0.05, 0) is 24.3 Å². The number of methoxy groups -OCH3 is 1. The van der Waals surface area contributed by atoms with E-state index in [9.17, 15) is 14.4 Å². The first-order chi connectivity index (χ1) is 17.5. The first kappa shape index (κ1) is 22.3. The van der Waals surface area contributed by atoms with E-state index in [4.69, 9.17) is 14.2 Å². The van der Waals surface area contributed by atoms with Gasteiger partial charge in [-0.25, -0.2) is 9.78 Å². The summed E-state index contributed by atoms with van der Waals surface area (Å²) in [6.07, 6.45) is -0.716. The van der Waals surface area contributed by atoms with Gasteiger partial charge in [0.25, 0.3) is 11.5 Å². The van der Waals surface area contributed by atoms with E-state index in [1.165, 1.54) is 4.90 Å². The fourth-order valence-electron chi connectivity index (χ4n) is 4.93. The van der Waals surface area contributed by atoms with Crippen LogP contribution in [-0.2, 0) is 16.1 Å². The quantitative estimate of drug-likeness (QED) is 0.557. The number of ether oxygens (including phenoxy) is 3. The van der Waals surface area contributed by atoms with E-state index in [2.05, 4.69) is 20.2 Å². The molecule has 2 fully saturated rings. The average Bonchev–Trinajstić information content (AvgIpc) is 3.28. The maximum absolute atomic E-state index is 12.8. The molecule has 6 rings (SSSR count). The molecule has 0 aliphatic carbocycles. The zero-order valence-electron chi connectivity index (χ0n) is 19.5. The van der Waals surface area contributed by atoms with Crippen LogP contribution in [0.25, 0.3) is 11.0 Å². The number of hydrogen-bond donors (Lipinski definition) is 1. The van der Waals surface area contributed by atoms with Crippen LogP contribution in [0.4, 0.5) is 16.4 Å². The molecule has 2 atom stereocenters. The second-order valence-corrected chi connectivity index (χ2v) is 9.00. The van der Waals surface area contributed by atoms with Crippen LogP contribution in [0.3, 0.4) is 0 Å². The molecule has 0 radical (unpaired) electrons. The lowest BCUT2D eigenvalue weighted by molar-refractivity contribution is -0.118. The van der Waals surface area contributed by atoms with Gasteiger partial charge < -0.3 is 19.5 Å². The molecular weight excluding hydrogens is 468 g/mol. The second-order valence-electron chi connectivity index (χ2n) is 9.00. The zero-order valence-corrected chi connectivity index (χ0v) is 19.5. The molecule has 12 nitrogen and oxygen atoms in total. The Morgan fingerprint density at radius 3 is 2.75 bits per heavy atom. The fourth-order valence-corrected chi connectivity index (χ4v) is 4.93. The highest BCUT2D eigenvalue weighted by atomic mass is 16.6. The number of anilines is 2. The molecule has 3 aliphatic heterocycles. The van der Waals surface area contributed by atoms with Gasteiger partial charge in [-0.15, -0.1) is 0 Å². The van der Waals surface area contributed by atoms with Gasteiger partial charge in [-0.1, -0.05) is 0 Å². The van der Waals surface area contributed by atoms with Crippen molar-refractivity contribution in [1.29, 1.82) is 0 Å². The molecule has 186 valence electrons. The third-order valence-electron chi connectivity index (χ3n) is 6.74. The van der Waals surface area contributed by atoms with Crippen molar-refractivity contribution < 1.29 is 23.8 Å². The summed E-state index contributed by atoms with van der Waals surface area (Å²) in [6.45, 7) is 2.71. The van der Waals surface area contributed by atoms with Gasteiger partial charge in [0.1, 0.15) is 17.6 Å². The van der Waals surface area contributed by atoms with Gasteiger partial charge in [0.05, 0.1) is 7.11 Å².